The minimum absolute atomic E-state index is 0.000956. The number of hydrogen-bond acceptors (Lipinski definition) is 5. The summed E-state index contributed by atoms with van der Waals surface area (Å²) in [5, 5.41) is 12.6. The SMILES string of the molecule is COc1ccc2c(c1)SCc1c(C(=O)O)noc1-2. The highest BCUT2D eigenvalue weighted by Gasteiger charge is 2.28. The average molecular weight is 263 g/mol. The van der Waals surface area contributed by atoms with Crippen molar-refractivity contribution in [2.24, 2.45) is 0 Å². The van der Waals surface area contributed by atoms with E-state index in [4.69, 9.17) is 14.4 Å². The van der Waals surface area contributed by atoms with Gasteiger partial charge in [-0.15, -0.1) is 11.8 Å². The van der Waals surface area contributed by atoms with Gasteiger partial charge in [0.05, 0.1) is 7.11 Å². The predicted molar refractivity (Wildman–Crippen MR) is 65.0 cm³/mol. The van der Waals surface area contributed by atoms with E-state index in [9.17, 15) is 4.79 Å². The number of rotatable bonds is 2. The Kier molecular flexibility index (Phi) is 2.52. The summed E-state index contributed by atoms with van der Waals surface area (Å²) in [6.07, 6.45) is 0. The summed E-state index contributed by atoms with van der Waals surface area (Å²) >= 11 is 1.55. The minimum Gasteiger partial charge on any atom is -0.497 e. The van der Waals surface area contributed by atoms with Gasteiger partial charge in [-0.1, -0.05) is 5.16 Å². The zero-order valence-electron chi connectivity index (χ0n) is 9.47. The molecule has 1 aliphatic heterocycles. The van der Waals surface area contributed by atoms with Gasteiger partial charge in [0.2, 0.25) is 0 Å². The fraction of sp³-hybridized carbons (Fsp3) is 0.167. The molecule has 1 aromatic heterocycles. The Hall–Kier alpha value is -1.95. The van der Waals surface area contributed by atoms with Gasteiger partial charge in [-0.05, 0) is 18.2 Å². The zero-order valence-corrected chi connectivity index (χ0v) is 10.3. The van der Waals surface area contributed by atoms with Crippen molar-refractivity contribution in [3.8, 4) is 17.1 Å². The molecule has 0 bridgehead atoms. The van der Waals surface area contributed by atoms with Gasteiger partial charge in [0.25, 0.3) is 0 Å². The number of aromatic carboxylic acids is 1. The van der Waals surface area contributed by atoms with Crippen LogP contribution in [0.1, 0.15) is 16.1 Å². The molecule has 0 saturated carbocycles. The highest BCUT2D eigenvalue weighted by Crippen LogP contribution is 2.44. The first kappa shape index (κ1) is 11.2. The van der Waals surface area contributed by atoms with Crippen molar-refractivity contribution in [2.75, 3.05) is 7.11 Å². The number of carboxylic acid groups (broad SMARTS) is 1. The van der Waals surface area contributed by atoms with Gasteiger partial charge in [0.15, 0.2) is 11.5 Å². The van der Waals surface area contributed by atoms with E-state index in [1.165, 1.54) is 0 Å². The van der Waals surface area contributed by atoms with E-state index in [-0.39, 0.29) is 5.69 Å². The summed E-state index contributed by atoms with van der Waals surface area (Å²) in [5.74, 6) is 0.796. The van der Waals surface area contributed by atoms with E-state index >= 15 is 0 Å². The topological polar surface area (TPSA) is 72.6 Å². The lowest BCUT2D eigenvalue weighted by Crippen LogP contribution is -2.03. The fourth-order valence-corrected chi connectivity index (χ4v) is 2.99. The maximum Gasteiger partial charge on any atom is 0.358 e. The van der Waals surface area contributed by atoms with Crippen LogP contribution in [0.15, 0.2) is 27.6 Å². The Morgan fingerprint density at radius 1 is 1.56 bits per heavy atom. The summed E-state index contributed by atoms with van der Waals surface area (Å²) in [6, 6.07) is 5.58. The monoisotopic (exact) mass is 263 g/mol. The summed E-state index contributed by atoms with van der Waals surface area (Å²) < 4.78 is 10.3. The molecule has 0 amide bonds. The maximum absolute atomic E-state index is 11.0. The lowest BCUT2D eigenvalue weighted by molar-refractivity contribution is 0.0685. The standard InChI is InChI=1S/C12H9NO4S/c1-16-6-2-3-7-9(4-6)18-5-8-10(12(14)15)13-17-11(7)8/h2-4H,5H2,1H3,(H,14,15). The van der Waals surface area contributed by atoms with E-state index in [1.54, 1.807) is 18.9 Å². The number of fused-ring (bicyclic) bond motifs is 3. The molecular weight excluding hydrogens is 254 g/mol. The van der Waals surface area contributed by atoms with Crippen LogP contribution >= 0.6 is 11.8 Å². The van der Waals surface area contributed by atoms with Crippen LogP contribution in [0.25, 0.3) is 11.3 Å². The smallest absolute Gasteiger partial charge is 0.358 e. The molecule has 5 nitrogen and oxygen atoms in total. The van der Waals surface area contributed by atoms with Crippen molar-refractivity contribution in [1.82, 2.24) is 5.16 Å². The van der Waals surface area contributed by atoms with E-state index < -0.39 is 5.97 Å². The van der Waals surface area contributed by atoms with Crippen LogP contribution in [0.4, 0.5) is 0 Å². The minimum atomic E-state index is -1.06. The van der Waals surface area contributed by atoms with E-state index in [1.807, 2.05) is 18.2 Å². The molecule has 0 saturated heterocycles. The molecule has 6 heteroatoms. The number of thioether (sulfide) groups is 1. The predicted octanol–water partition coefficient (Wildman–Crippen LogP) is 2.65. The first-order valence-corrected chi connectivity index (χ1v) is 6.22. The Morgan fingerprint density at radius 3 is 3.11 bits per heavy atom. The summed E-state index contributed by atoms with van der Waals surface area (Å²) in [6.45, 7) is 0. The fourth-order valence-electron chi connectivity index (χ4n) is 1.91. The molecule has 1 aromatic carbocycles. The molecule has 0 fully saturated rings. The number of hydrogen-bond donors (Lipinski definition) is 1. The third-order valence-corrected chi connectivity index (χ3v) is 3.88. The number of nitrogens with zero attached hydrogens (tertiary/aromatic N) is 1. The number of ether oxygens (including phenoxy) is 1. The molecule has 2 aromatic rings. The van der Waals surface area contributed by atoms with Gasteiger partial charge in [0.1, 0.15) is 5.75 Å². The molecule has 0 spiro atoms. The Labute approximate surface area is 107 Å². The van der Waals surface area contributed by atoms with Gasteiger partial charge in [-0.3, -0.25) is 0 Å². The molecule has 1 N–H and O–H groups in total. The van der Waals surface area contributed by atoms with Gasteiger partial charge >= 0.3 is 5.97 Å². The Morgan fingerprint density at radius 2 is 2.39 bits per heavy atom. The van der Waals surface area contributed by atoms with Crippen molar-refractivity contribution in [1.29, 1.82) is 0 Å². The quantitative estimate of drug-likeness (QED) is 0.898. The van der Waals surface area contributed by atoms with Crippen molar-refractivity contribution >= 4 is 17.7 Å². The first-order valence-electron chi connectivity index (χ1n) is 5.23. The van der Waals surface area contributed by atoms with Crippen LogP contribution in [0, 0.1) is 0 Å². The van der Waals surface area contributed by atoms with E-state index in [2.05, 4.69) is 5.16 Å². The number of benzene rings is 1. The van der Waals surface area contributed by atoms with Crippen LogP contribution in [0.3, 0.4) is 0 Å². The number of carboxylic acids is 1. The van der Waals surface area contributed by atoms with Crippen molar-refractivity contribution < 1.29 is 19.2 Å². The van der Waals surface area contributed by atoms with E-state index in [0.29, 0.717) is 17.1 Å². The van der Waals surface area contributed by atoms with Crippen LogP contribution in [-0.4, -0.2) is 23.3 Å². The molecule has 0 atom stereocenters. The zero-order chi connectivity index (χ0) is 12.7. The number of aromatic nitrogens is 1. The summed E-state index contributed by atoms with van der Waals surface area (Å²) in [5.41, 5.74) is 1.51. The van der Waals surface area contributed by atoms with Crippen LogP contribution < -0.4 is 4.74 Å². The molecule has 3 rings (SSSR count). The average Bonchev–Trinajstić information content (AvgIpc) is 2.82. The highest BCUT2D eigenvalue weighted by atomic mass is 32.2. The lowest BCUT2D eigenvalue weighted by Gasteiger charge is -2.14. The van der Waals surface area contributed by atoms with Crippen molar-refractivity contribution in [2.45, 2.75) is 10.6 Å². The normalized spacial score (nSPS) is 12.7. The van der Waals surface area contributed by atoms with Crippen LogP contribution in [0.5, 0.6) is 5.75 Å². The molecule has 1 aliphatic rings. The van der Waals surface area contributed by atoms with Gasteiger partial charge in [-0.25, -0.2) is 4.79 Å². The molecule has 92 valence electrons. The third-order valence-electron chi connectivity index (χ3n) is 2.80. The summed E-state index contributed by atoms with van der Waals surface area (Å²) in [7, 11) is 1.61. The molecule has 18 heavy (non-hydrogen) atoms. The first-order chi connectivity index (χ1) is 8.70. The van der Waals surface area contributed by atoms with Crippen molar-refractivity contribution in [3.63, 3.8) is 0 Å². The maximum atomic E-state index is 11.0. The second kappa shape index (κ2) is 4.06. The van der Waals surface area contributed by atoms with Gasteiger partial charge in [0, 0.05) is 21.8 Å². The molecule has 2 heterocycles. The Balaban J connectivity index is 2.15. The summed E-state index contributed by atoms with van der Waals surface area (Å²) in [4.78, 5) is 12.0. The van der Waals surface area contributed by atoms with Gasteiger partial charge < -0.3 is 14.4 Å². The Bertz CT molecular complexity index is 635. The van der Waals surface area contributed by atoms with Crippen LogP contribution in [0.2, 0.25) is 0 Å². The molecule has 0 unspecified atom stereocenters. The lowest BCUT2D eigenvalue weighted by atomic mass is 10.1. The molecule has 0 aliphatic carbocycles. The highest BCUT2D eigenvalue weighted by molar-refractivity contribution is 7.98. The number of methoxy groups -OCH3 is 1. The largest absolute Gasteiger partial charge is 0.497 e. The molecular formula is C12H9NO4S. The molecule has 0 radical (unpaired) electrons. The van der Waals surface area contributed by atoms with Crippen LogP contribution in [-0.2, 0) is 5.75 Å². The van der Waals surface area contributed by atoms with Gasteiger partial charge in [-0.2, -0.15) is 0 Å². The second-order valence-electron chi connectivity index (χ2n) is 3.79. The number of carbonyl (C=O) groups is 1. The third kappa shape index (κ3) is 1.57. The van der Waals surface area contributed by atoms with E-state index in [0.717, 1.165) is 16.2 Å². The second-order valence-corrected chi connectivity index (χ2v) is 4.81. The van der Waals surface area contributed by atoms with Crippen molar-refractivity contribution in [3.05, 3.63) is 29.5 Å².